The molecule has 0 saturated heterocycles. The lowest BCUT2D eigenvalue weighted by Crippen LogP contribution is -2.32. The molecular weight excluding hydrogens is 222 g/mol. The fourth-order valence-electron chi connectivity index (χ4n) is 2.79. The second-order valence-electron chi connectivity index (χ2n) is 5.29. The van der Waals surface area contributed by atoms with Crippen LogP contribution >= 0.6 is 0 Å². The molecule has 3 heteroatoms. The van der Waals surface area contributed by atoms with Gasteiger partial charge < -0.3 is 5.32 Å². The van der Waals surface area contributed by atoms with Crippen LogP contribution in [0, 0.1) is 0 Å². The van der Waals surface area contributed by atoms with Crippen molar-refractivity contribution >= 4 is 5.82 Å². The van der Waals surface area contributed by atoms with Gasteiger partial charge in [-0.15, -0.1) is 0 Å². The van der Waals surface area contributed by atoms with Crippen LogP contribution in [0.4, 0.5) is 5.82 Å². The molecule has 1 N–H and O–H groups in total. The number of nitrogens with one attached hydrogen (secondary N) is 1. The molecule has 0 atom stereocenters. The Hall–Kier alpha value is -1.09. The van der Waals surface area contributed by atoms with Gasteiger partial charge in [0.15, 0.2) is 0 Å². The van der Waals surface area contributed by atoms with Crippen molar-refractivity contribution in [3.63, 3.8) is 0 Å². The van der Waals surface area contributed by atoms with Gasteiger partial charge in [-0.1, -0.05) is 19.3 Å². The van der Waals surface area contributed by atoms with Gasteiger partial charge in [0.25, 0.3) is 0 Å². The van der Waals surface area contributed by atoms with Gasteiger partial charge in [0.2, 0.25) is 0 Å². The molecule has 0 amide bonds. The molecule has 0 aromatic carbocycles. The maximum Gasteiger partial charge on any atom is 0.126 e. The molecular formula is C15H25N3. The summed E-state index contributed by atoms with van der Waals surface area (Å²) in [6.07, 6.45) is 8.84. The van der Waals surface area contributed by atoms with Crippen molar-refractivity contribution in [1.82, 2.24) is 9.88 Å². The fourth-order valence-corrected chi connectivity index (χ4v) is 2.79. The van der Waals surface area contributed by atoms with Gasteiger partial charge in [-0.05, 0) is 44.5 Å². The van der Waals surface area contributed by atoms with Crippen LogP contribution in [0.5, 0.6) is 0 Å². The number of anilines is 1. The Labute approximate surface area is 111 Å². The van der Waals surface area contributed by atoms with Gasteiger partial charge in [0.05, 0.1) is 0 Å². The average molecular weight is 247 g/mol. The second kappa shape index (κ2) is 6.74. The van der Waals surface area contributed by atoms with Crippen molar-refractivity contribution in [3.8, 4) is 0 Å². The minimum Gasteiger partial charge on any atom is -0.370 e. The number of aromatic nitrogens is 1. The monoisotopic (exact) mass is 247 g/mol. The van der Waals surface area contributed by atoms with Crippen molar-refractivity contribution in [2.75, 3.05) is 18.9 Å². The minimum absolute atomic E-state index is 0.773. The predicted molar refractivity (Wildman–Crippen MR) is 76.7 cm³/mol. The summed E-state index contributed by atoms with van der Waals surface area (Å²) in [5.74, 6) is 0.993. The molecule has 0 bridgehead atoms. The first kappa shape index (κ1) is 13.3. The Morgan fingerprint density at radius 3 is 2.83 bits per heavy atom. The highest BCUT2D eigenvalue weighted by Gasteiger charge is 2.17. The summed E-state index contributed by atoms with van der Waals surface area (Å²) >= 11 is 0. The molecule has 1 aromatic heterocycles. The molecule has 0 radical (unpaired) electrons. The highest BCUT2D eigenvalue weighted by atomic mass is 15.1. The number of pyridine rings is 1. The second-order valence-corrected chi connectivity index (χ2v) is 5.29. The third kappa shape index (κ3) is 3.70. The largest absolute Gasteiger partial charge is 0.370 e. The smallest absolute Gasteiger partial charge is 0.126 e. The van der Waals surface area contributed by atoms with Crippen LogP contribution in [0.25, 0.3) is 0 Å². The van der Waals surface area contributed by atoms with E-state index in [1.165, 1.54) is 37.7 Å². The zero-order valence-corrected chi connectivity index (χ0v) is 11.7. The van der Waals surface area contributed by atoms with Crippen LogP contribution in [0.2, 0.25) is 0 Å². The molecule has 1 saturated carbocycles. The normalized spacial score (nSPS) is 17.1. The summed E-state index contributed by atoms with van der Waals surface area (Å²) in [5, 5.41) is 3.27. The molecule has 1 aliphatic rings. The molecule has 0 unspecified atom stereocenters. The van der Waals surface area contributed by atoms with E-state index < -0.39 is 0 Å². The quantitative estimate of drug-likeness (QED) is 0.865. The first-order valence-corrected chi connectivity index (χ1v) is 7.18. The van der Waals surface area contributed by atoms with Crippen molar-refractivity contribution in [2.24, 2.45) is 0 Å². The lowest BCUT2D eigenvalue weighted by atomic mass is 9.94. The van der Waals surface area contributed by atoms with Crippen LogP contribution in [-0.2, 0) is 6.54 Å². The molecule has 0 aliphatic heterocycles. The molecule has 0 spiro atoms. The molecule has 1 aromatic rings. The number of rotatable bonds is 5. The SMILES string of the molecule is CCNc1cc(CN(C)C2CCCCC2)ccn1. The lowest BCUT2D eigenvalue weighted by molar-refractivity contribution is 0.184. The van der Waals surface area contributed by atoms with E-state index in [2.05, 4.69) is 41.3 Å². The van der Waals surface area contributed by atoms with Crippen molar-refractivity contribution < 1.29 is 0 Å². The molecule has 2 rings (SSSR count). The topological polar surface area (TPSA) is 28.2 Å². The minimum atomic E-state index is 0.773. The zero-order chi connectivity index (χ0) is 12.8. The van der Waals surface area contributed by atoms with Crippen molar-refractivity contribution in [3.05, 3.63) is 23.9 Å². The standard InChI is InChI=1S/C15H25N3/c1-3-16-15-11-13(9-10-17-15)12-18(2)14-7-5-4-6-8-14/h9-11,14H,3-8,12H2,1-2H3,(H,16,17). The van der Waals surface area contributed by atoms with Gasteiger partial charge in [-0.25, -0.2) is 4.98 Å². The van der Waals surface area contributed by atoms with Gasteiger partial charge in [0.1, 0.15) is 5.82 Å². The summed E-state index contributed by atoms with van der Waals surface area (Å²) in [7, 11) is 2.25. The maximum absolute atomic E-state index is 4.32. The average Bonchev–Trinajstić information content (AvgIpc) is 2.40. The van der Waals surface area contributed by atoms with Crippen LogP contribution in [0.3, 0.4) is 0 Å². The van der Waals surface area contributed by atoms with Crippen LogP contribution < -0.4 is 5.32 Å². The number of nitrogens with zero attached hydrogens (tertiary/aromatic N) is 2. The third-order valence-corrected chi connectivity index (χ3v) is 3.81. The van der Waals surface area contributed by atoms with Gasteiger partial charge >= 0.3 is 0 Å². The van der Waals surface area contributed by atoms with E-state index in [1.807, 2.05) is 6.20 Å². The molecule has 100 valence electrons. The summed E-state index contributed by atoms with van der Waals surface area (Å²) in [6, 6.07) is 5.07. The first-order chi connectivity index (χ1) is 8.79. The van der Waals surface area contributed by atoms with Crippen LogP contribution in [0.1, 0.15) is 44.6 Å². The molecule has 1 heterocycles. The van der Waals surface area contributed by atoms with E-state index in [0.717, 1.165) is 24.9 Å². The van der Waals surface area contributed by atoms with E-state index in [0.29, 0.717) is 0 Å². The highest BCUT2D eigenvalue weighted by molar-refractivity contribution is 5.37. The van der Waals surface area contributed by atoms with Crippen molar-refractivity contribution in [1.29, 1.82) is 0 Å². The fraction of sp³-hybridized carbons (Fsp3) is 0.667. The Morgan fingerprint density at radius 1 is 1.33 bits per heavy atom. The van der Waals surface area contributed by atoms with Gasteiger partial charge in [-0.3, -0.25) is 4.90 Å². The van der Waals surface area contributed by atoms with E-state index in [-0.39, 0.29) is 0 Å². The van der Waals surface area contributed by atoms with E-state index >= 15 is 0 Å². The summed E-state index contributed by atoms with van der Waals surface area (Å²) in [6.45, 7) is 4.06. The Bertz CT molecular complexity index is 359. The number of hydrogen-bond donors (Lipinski definition) is 1. The lowest BCUT2D eigenvalue weighted by Gasteiger charge is -2.31. The summed E-state index contributed by atoms with van der Waals surface area (Å²) in [4.78, 5) is 6.82. The Morgan fingerprint density at radius 2 is 2.11 bits per heavy atom. The highest BCUT2D eigenvalue weighted by Crippen LogP contribution is 2.23. The van der Waals surface area contributed by atoms with Gasteiger partial charge in [0, 0.05) is 25.3 Å². The maximum atomic E-state index is 4.32. The van der Waals surface area contributed by atoms with E-state index in [1.54, 1.807) is 0 Å². The van der Waals surface area contributed by atoms with E-state index in [4.69, 9.17) is 0 Å². The molecule has 18 heavy (non-hydrogen) atoms. The first-order valence-electron chi connectivity index (χ1n) is 7.18. The molecule has 1 aliphatic carbocycles. The summed E-state index contributed by atoms with van der Waals surface area (Å²) < 4.78 is 0. The predicted octanol–water partition coefficient (Wildman–Crippen LogP) is 3.28. The molecule has 3 nitrogen and oxygen atoms in total. The number of hydrogen-bond acceptors (Lipinski definition) is 3. The Kier molecular flexibility index (Phi) is 5.00. The third-order valence-electron chi connectivity index (χ3n) is 3.81. The van der Waals surface area contributed by atoms with Crippen molar-refractivity contribution in [2.45, 2.75) is 51.6 Å². The van der Waals surface area contributed by atoms with Gasteiger partial charge in [-0.2, -0.15) is 0 Å². The van der Waals surface area contributed by atoms with Crippen LogP contribution in [-0.4, -0.2) is 29.5 Å². The summed E-state index contributed by atoms with van der Waals surface area (Å²) in [5.41, 5.74) is 1.36. The zero-order valence-electron chi connectivity index (χ0n) is 11.7. The van der Waals surface area contributed by atoms with Crippen LogP contribution in [0.15, 0.2) is 18.3 Å². The Balaban J connectivity index is 1.93. The molecule has 1 fully saturated rings. The van der Waals surface area contributed by atoms with E-state index in [9.17, 15) is 0 Å².